The van der Waals surface area contributed by atoms with E-state index in [0.717, 1.165) is 37.2 Å². The van der Waals surface area contributed by atoms with Crippen molar-refractivity contribution in [2.45, 2.75) is 57.5 Å². The highest BCUT2D eigenvalue weighted by Gasteiger charge is 2.24. The molecule has 1 aliphatic heterocycles. The van der Waals surface area contributed by atoms with Crippen molar-refractivity contribution in [3.63, 3.8) is 0 Å². The van der Waals surface area contributed by atoms with E-state index < -0.39 is 6.09 Å². The van der Waals surface area contributed by atoms with Gasteiger partial charge in [-0.25, -0.2) is 9.59 Å². The average Bonchev–Trinajstić information content (AvgIpc) is 2.95. The number of anilines is 1. The summed E-state index contributed by atoms with van der Waals surface area (Å²) in [6.07, 6.45) is 2.07. The number of urea groups is 1. The van der Waals surface area contributed by atoms with Crippen LogP contribution < -0.4 is 16.0 Å². The van der Waals surface area contributed by atoms with E-state index in [1.165, 1.54) is 11.1 Å². The number of ether oxygens (including phenoxy) is 1. The van der Waals surface area contributed by atoms with E-state index in [2.05, 4.69) is 64.5 Å². The molecule has 0 atom stereocenters. The summed E-state index contributed by atoms with van der Waals surface area (Å²) in [7, 11) is 0. The smallest absolute Gasteiger partial charge is 0.407 e. The van der Waals surface area contributed by atoms with Gasteiger partial charge in [-0.05, 0) is 62.4 Å². The van der Waals surface area contributed by atoms with Gasteiger partial charge < -0.3 is 25.6 Å². The Kier molecular flexibility index (Phi) is 10.1. The lowest BCUT2D eigenvalue weighted by Crippen LogP contribution is -2.47. The highest BCUT2D eigenvalue weighted by Crippen LogP contribution is 2.24. The number of carbonyl (C=O) groups is 2. The summed E-state index contributed by atoms with van der Waals surface area (Å²) in [6, 6.07) is 29.3. The average molecular weight is 543 g/mol. The highest BCUT2D eigenvalue weighted by molar-refractivity contribution is 5.74. The lowest BCUT2D eigenvalue weighted by Gasteiger charge is -2.33. The van der Waals surface area contributed by atoms with Gasteiger partial charge in [0.05, 0.1) is 6.61 Å². The van der Waals surface area contributed by atoms with E-state index in [1.54, 1.807) is 0 Å². The van der Waals surface area contributed by atoms with Gasteiger partial charge in [0.25, 0.3) is 0 Å². The largest absolute Gasteiger partial charge is 0.449 e. The summed E-state index contributed by atoms with van der Waals surface area (Å²) in [4.78, 5) is 26.7. The molecule has 3 amide bonds. The third kappa shape index (κ3) is 9.04. The molecule has 0 aliphatic carbocycles. The molecule has 1 saturated heterocycles. The second-order valence-corrected chi connectivity index (χ2v) is 11.4. The fraction of sp³-hybridized carbons (Fsp3) is 0.394. The van der Waals surface area contributed by atoms with Crippen LogP contribution in [0.3, 0.4) is 0 Å². The molecule has 3 aromatic rings. The third-order valence-electron chi connectivity index (χ3n) is 7.07. The number of likely N-dealkylation sites (tertiary alicyclic amines) is 1. The minimum Gasteiger partial charge on any atom is -0.449 e. The minimum absolute atomic E-state index is 0.00179. The molecule has 0 saturated carbocycles. The molecule has 0 unspecified atom stereocenters. The molecule has 0 radical (unpaired) electrons. The van der Waals surface area contributed by atoms with Crippen LogP contribution in [0.5, 0.6) is 0 Å². The number of carbonyl (C=O) groups excluding carboxylic acids is 2. The summed E-state index contributed by atoms with van der Waals surface area (Å²) < 4.78 is 5.28. The maximum absolute atomic E-state index is 13.0. The second kappa shape index (κ2) is 13.9. The number of hydrogen-bond donors (Lipinski definition) is 3. The number of nitrogens with zero attached hydrogens (tertiary/aromatic N) is 1. The zero-order chi connectivity index (χ0) is 28.4. The monoisotopic (exact) mass is 542 g/mol. The Morgan fingerprint density at radius 1 is 0.875 bits per heavy atom. The normalized spacial score (nSPS) is 14.1. The Bertz CT molecular complexity index is 1160. The predicted molar refractivity (Wildman–Crippen MR) is 161 cm³/mol. The molecule has 7 nitrogen and oxygen atoms in total. The van der Waals surface area contributed by atoms with Crippen molar-refractivity contribution in [1.82, 2.24) is 15.5 Å². The number of nitrogens with one attached hydrogen (secondary N) is 3. The number of rotatable bonds is 9. The molecule has 4 rings (SSSR count). The van der Waals surface area contributed by atoms with Crippen LogP contribution in [0.25, 0.3) is 0 Å². The molecule has 1 aliphatic rings. The molecular formula is C33H42N4O3. The third-order valence-corrected chi connectivity index (χ3v) is 7.07. The van der Waals surface area contributed by atoms with Gasteiger partial charge in [-0.2, -0.15) is 0 Å². The van der Waals surface area contributed by atoms with Gasteiger partial charge in [0.2, 0.25) is 0 Å². The maximum Gasteiger partial charge on any atom is 0.407 e. The van der Waals surface area contributed by atoms with E-state index in [4.69, 9.17) is 4.74 Å². The fourth-order valence-electron chi connectivity index (χ4n) is 4.93. The van der Waals surface area contributed by atoms with Crippen molar-refractivity contribution >= 4 is 17.8 Å². The first-order valence-corrected chi connectivity index (χ1v) is 14.2. The summed E-state index contributed by atoms with van der Waals surface area (Å²) >= 11 is 0. The molecule has 3 N–H and O–H groups in total. The summed E-state index contributed by atoms with van der Waals surface area (Å²) in [5.41, 5.74) is 4.26. The molecule has 40 heavy (non-hydrogen) atoms. The van der Waals surface area contributed by atoms with Gasteiger partial charge in [-0.1, -0.05) is 72.8 Å². The minimum atomic E-state index is -0.391. The van der Waals surface area contributed by atoms with Crippen molar-refractivity contribution in [2.24, 2.45) is 0 Å². The van der Waals surface area contributed by atoms with E-state index in [9.17, 15) is 9.59 Å². The Balaban J connectivity index is 1.20. The highest BCUT2D eigenvalue weighted by atomic mass is 16.5. The summed E-state index contributed by atoms with van der Waals surface area (Å²) in [5, 5.41) is 9.59. The number of piperidine rings is 1. The Morgan fingerprint density at radius 3 is 2.00 bits per heavy atom. The summed E-state index contributed by atoms with van der Waals surface area (Å²) in [5.74, 6) is 0.112. The number of alkyl carbamates (subject to hydrolysis) is 1. The van der Waals surface area contributed by atoms with Crippen molar-refractivity contribution in [2.75, 3.05) is 31.6 Å². The standard InChI is InChI=1S/C33H42N4O3/c1-33(2,3)36-32(39)40-23-20-25-14-16-28(17-15-25)35-29-18-21-37(22-19-29)31(38)34-24-30(26-10-6-4-7-11-26)27-12-8-5-9-13-27/h4-17,29-30,35H,18-24H2,1-3H3,(H,34,38)(H,36,39). The van der Waals surface area contributed by atoms with Crippen molar-refractivity contribution in [3.05, 3.63) is 102 Å². The van der Waals surface area contributed by atoms with Crippen LogP contribution in [0.1, 0.15) is 56.2 Å². The van der Waals surface area contributed by atoms with E-state index in [0.29, 0.717) is 25.6 Å². The second-order valence-electron chi connectivity index (χ2n) is 11.4. The molecule has 1 heterocycles. The molecule has 0 spiro atoms. The first-order chi connectivity index (χ1) is 19.3. The van der Waals surface area contributed by atoms with E-state index >= 15 is 0 Å². The Labute approximate surface area is 238 Å². The van der Waals surface area contributed by atoms with Crippen molar-refractivity contribution in [3.8, 4) is 0 Å². The predicted octanol–water partition coefficient (Wildman–Crippen LogP) is 6.17. The van der Waals surface area contributed by atoms with Crippen molar-refractivity contribution < 1.29 is 14.3 Å². The Morgan fingerprint density at radius 2 is 1.45 bits per heavy atom. The fourth-order valence-corrected chi connectivity index (χ4v) is 4.93. The molecule has 7 heteroatoms. The van der Waals surface area contributed by atoms with Crippen LogP contribution in [0.15, 0.2) is 84.9 Å². The van der Waals surface area contributed by atoms with Gasteiger partial charge in [0.1, 0.15) is 0 Å². The molecule has 0 aromatic heterocycles. The van der Waals surface area contributed by atoms with Crippen LogP contribution >= 0.6 is 0 Å². The molecule has 212 valence electrons. The van der Waals surface area contributed by atoms with Gasteiger partial charge in [0, 0.05) is 49.2 Å². The molecule has 3 aromatic carbocycles. The zero-order valence-corrected chi connectivity index (χ0v) is 23.9. The zero-order valence-electron chi connectivity index (χ0n) is 23.9. The van der Waals surface area contributed by atoms with Crippen LogP contribution in [0.4, 0.5) is 15.3 Å². The number of benzene rings is 3. The lowest BCUT2D eigenvalue weighted by molar-refractivity contribution is 0.139. The number of amides is 3. The van der Waals surface area contributed by atoms with Crippen LogP contribution in [-0.4, -0.2) is 54.8 Å². The van der Waals surface area contributed by atoms with Crippen LogP contribution in [0, 0.1) is 0 Å². The van der Waals surface area contributed by atoms with Gasteiger partial charge in [0.15, 0.2) is 0 Å². The first-order valence-electron chi connectivity index (χ1n) is 14.2. The quantitative estimate of drug-likeness (QED) is 0.302. The molecule has 0 bridgehead atoms. The van der Waals surface area contributed by atoms with E-state index in [1.807, 2.05) is 62.1 Å². The Hall–Kier alpha value is -4.00. The molecule has 1 fully saturated rings. The lowest BCUT2D eigenvalue weighted by atomic mass is 9.91. The van der Waals surface area contributed by atoms with Gasteiger partial charge in [-0.3, -0.25) is 0 Å². The summed E-state index contributed by atoms with van der Waals surface area (Å²) in [6.45, 7) is 8.11. The number of hydrogen-bond acceptors (Lipinski definition) is 4. The van der Waals surface area contributed by atoms with E-state index in [-0.39, 0.29) is 17.5 Å². The van der Waals surface area contributed by atoms with Crippen LogP contribution in [-0.2, 0) is 11.2 Å². The molecular weight excluding hydrogens is 500 g/mol. The van der Waals surface area contributed by atoms with Gasteiger partial charge >= 0.3 is 12.1 Å². The maximum atomic E-state index is 13.0. The SMILES string of the molecule is CC(C)(C)NC(=O)OCCc1ccc(NC2CCN(C(=O)NCC(c3ccccc3)c3ccccc3)CC2)cc1. The van der Waals surface area contributed by atoms with Crippen LogP contribution in [0.2, 0.25) is 0 Å². The van der Waals surface area contributed by atoms with Crippen molar-refractivity contribution in [1.29, 1.82) is 0 Å². The first kappa shape index (κ1) is 29.0. The topological polar surface area (TPSA) is 82.7 Å². The van der Waals surface area contributed by atoms with Gasteiger partial charge in [-0.15, -0.1) is 0 Å².